The fourth-order valence-corrected chi connectivity index (χ4v) is 3.74. The van der Waals surface area contributed by atoms with Crippen molar-refractivity contribution in [2.75, 3.05) is 39.7 Å². The van der Waals surface area contributed by atoms with E-state index in [4.69, 9.17) is 22.1 Å². The number of aromatic nitrogens is 2. The number of hydrogen-bond donors (Lipinski definition) is 3. The molecule has 2 heterocycles. The number of carbonyl (C=O) groups is 1. The zero-order chi connectivity index (χ0) is 20.3. The molecule has 2 unspecified atom stereocenters. The number of nitrogens with one attached hydrogen (secondary N) is 2. The number of nitrogens with zero attached hydrogens (tertiary/aromatic N) is 3. The molecule has 9 heteroatoms. The van der Waals surface area contributed by atoms with E-state index in [1.165, 1.54) is 6.20 Å². The average Bonchev–Trinajstić information content (AvgIpc) is 2.67. The molecule has 1 aliphatic heterocycles. The summed E-state index contributed by atoms with van der Waals surface area (Å²) in [5, 5.41) is 7.05. The van der Waals surface area contributed by atoms with Crippen LogP contribution in [0.1, 0.15) is 16.8 Å². The van der Waals surface area contributed by atoms with Gasteiger partial charge in [-0.2, -0.15) is 9.97 Å². The van der Waals surface area contributed by atoms with E-state index in [0.717, 1.165) is 6.42 Å². The number of carbonyl (C=O) groups excluding carboxylic acids is 1. The van der Waals surface area contributed by atoms with Crippen LogP contribution in [0.5, 0.6) is 0 Å². The van der Waals surface area contributed by atoms with Gasteiger partial charge in [-0.1, -0.05) is 17.7 Å². The lowest BCUT2D eigenvalue weighted by molar-refractivity contribution is 0.0235. The molecule has 150 valence electrons. The molecule has 1 aromatic carbocycles. The molecule has 0 radical (unpaired) electrons. The molecule has 4 N–H and O–H groups in total. The van der Waals surface area contributed by atoms with Gasteiger partial charge in [0.05, 0.1) is 39.5 Å². The summed E-state index contributed by atoms with van der Waals surface area (Å²) >= 11 is 6.06. The Bertz CT molecular complexity index is 860. The number of primary amides is 1. The summed E-state index contributed by atoms with van der Waals surface area (Å²) in [5.41, 5.74) is 6.46. The number of halogens is 1. The van der Waals surface area contributed by atoms with Crippen molar-refractivity contribution in [3.05, 3.63) is 41.0 Å². The molecule has 3 rings (SSSR count). The van der Waals surface area contributed by atoms with E-state index in [0.29, 0.717) is 40.2 Å². The van der Waals surface area contributed by atoms with E-state index in [1.807, 2.05) is 19.2 Å². The highest BCUT2D eigenvalue weighted by Crippen LogP contribution is 2.28. The average molecular weight is 406 g/mol. The molecular formula is C19H26ClN6O2+. The summed E-state index contributed by atoms with van der Waals surface area (Å²) < 4.78 is 6.04. The third-order valence-corrected chi connectivity index (χ3v) is 5.40. The first-order chi connectivity index (χ1) is 13.3. The minimum Gasteiger partial charge on any atom is -0.379 e. The Balaban J connectivity index is 1.98. The smallest absolute Gasteiger partial charge is 0.330 e. The van der Waals surface area contributed by atoms with Gasteiger partial charge >= 0.3 is 5.95 Å². The molecule has 8 nitrogen and oxygen atoms in total. The highest BCUT2D eigenvalue weighted by atomic mass is 35.5. The van der Waals surface area contributed by atoms with E-state index >= 15 is 0 Å². The quantitative estimate of drug-likeness (QED) is 0.634. The van der Waals surface area contributed by atoms with Gasteiger partial charge in [0, 0.05) is 17.1 Å². The maximum atomic E-state index is 11.9. The molecule has 1 fully saturated rings. The summed E-state index contributed by atoms with van der Waals surface area (Å²) in [6, 6.07) is 7.58. The van der Waals surface area contributed by atoms with Gasteiger partial charge in [0.25, 0.3) is 5.91 Å². The largest absolute Gasteiger partial charge is 0.379 e. The SMILES string of the molecule is CNC1COCCC1[N+](C)(C)c1ncc(C(N)=O)c(Nc2cccc(Cl)c2)n1. The Labute approximate surface area is 169 Å². The Kier molecular flexibility index (Phi) is 6.14. The predicted octanol–water partition coefficient (Wildman–Crippen LogP) is 1.92. The molecule has 1 aliphatic rings. The van der Waals surface area contributed by atoms with Crippen molar-refractivity contribution in [3.63, 3.8) is 0 Å². The third kappa shape index (κ3) is 4.25. The summed E-state index contributed by atoms with van der Waals surface area (Å²) in [6.45, 7) is 1.33. The Morgan fingerprint density at radius 1 is 1.39 bits per heavy atom. The number of ether oxygens (including phenoxy) is 1. The standard InChI is InChI=1S/C19H25ClN6O2/c1-22-15-11-28-8-7-16(15)26(2,3)19-23-10-14(17(21)27)18(25-19)24-13-6-4-5-12(20)9-13/h4-6,9-10,15-16,22H,7-8,11H2,1-3H3,(H2-,21,23,24,25,27)/p+1. The lowest BCUT2D eigenvalue weighted by atomic mass is 10.0. The molecule has 0 aliphatic carbocycles. The molecule has 0 spiro atoms. The van der Waals surface area contributed by atoms with Crippen LogP contribution in [0.15, 0.2) is 30.5 Å². The van der Waals surface area contributed by atoms with Crippen LogP contribution in [0, 0.1) is 0 Å². The highest BCUT2D eigenvalue weighted by molar-refractivity contribution is 6.30. The Morgan fingerprint density at radius 3 is 2.86 bits per heavy atom. The van der Waals surface area contributed by atoms with Gasteiger partial charge in [-0.15, -0.1) is 0 Å². The second-order valence-electron chi connectivity index (χ2n) is 7.30. The molecule has 0 saturated carbocycles. The van der Waals surface area contributed by atoms with Crippen molar-refractivity contribution < 1.29 is 9.53 Å². The van der Waals surface area contributed by atoms with Gasteiger partial charge in [-0.25, -0.2) is 0 Å². The Hall–Kier alpha value is -2.26. The fraction of sp³-hybridized carbons (Fsp3) is 0.421. The first-order valence-corrected chi connectivity index (χ1v) is 9.49. The van der Waals surface area contributed by atoms with E-state index in [-0.39, 0.29) is 17.6 Å². The van der Waals surface area contributed by atoms with Crippen molar-refractivity contribution in [1.82, 2.24) is 19.8 Å². The molecule has 1 saturated heterocycles. The Morgan fingerprint density at radius 2 is 2.18 bits per heavy atom. The van der Waals surface area contributed by atoms with Crippen LogP contribution in [0.3, 0.4) is 0 Å². The van der Waals surface area contributed by atoms with Crippen LogP contribution < -0.4 is 20.9 Å². The zero-order valence-electron chi connectivity index (χ0n) is 16.3. The topological polar surface area (TPSA) is 102 Å². The summed E-state index contributed by atoms with van der Waals surface area (Å²) in [4.78, 5) is 21.0. The second-order valence-corrected chi connectivity index (χ2v) is 7.73. The number of rotatable bonds is 6. The second kappa shape index (κ2) is 8.40. The normalized spacial score (nSPS) is 20.0. The first-order valence-electron chi connectivity index (χ1n) is 9.11. The van der Waals surface area contributed by atoms with Gasteiger partial charge in [0.15, 0.2) is 5.82 Å². The van der Waals surface area contributed by atoms with Gasteiger partial charge in [0.2, 0.25) is 0 Å². The number of amides is 1. The van der Waals surface area contributed by atoms with E-state index in [1.54, 1.807) is 12.1 Å². The molecular weight excluding hydrogens is 380 g/mol. The minimum absolute atomic E-state index is 0.174. The molecule has 28 heavy (non-hydrogen) atoms. The number of anilines is 2. The number of benzene rings is 1. The maximum absolute atomic E-state index is 11.9. The highest BCUT2D eigenvalue weighted by Gasteiger charge is 2.41. The summed E-state index contributed by atoms with van der Waals surface area (Å²) in [6.07, 6.45) is 2.35. The lowest BCUT2D eigenvalue weighted by Gasteiger charge is -2.41. The van der Waals surface area contributed by atoms with Crippen LogP contribution in [0.2, 0.25) is 5.02 Å². The molecule has 1 amide bonds. The minimum atomic E-state index is -0.597. The van der Waals surface area contributed by atoms with Crippen molar-refractivity contribution >= 4 is 35.0 Å². The van der Waals surface area contributed by atoms with E-state index in [2.05, 4.69) is 34.7 Å². The van der Waals surface area contributed by atoms with Crippen molar-refractivity contribution in [2.45, 2.75) is 18.5 Å². The van der Waals surface area contributed by atoms with Gasteiger partial charge < -0.3 is 21.1 Å². The van der Waals surface area contributed by atoms with Crippen LogP contribution in [0.25, 0.3) is 0 Å². The molecule has 0 bridgehead atoms. The molecule has 2 aromatic rings. The van der Waals surface area contributed by atoms with Crippen molar-refractivity contribution in [3.8, 4) is 0 Å². The maximum Gasteiger partial charge on any atom is 0.330 e. The number of hydrogen-bond acceptors (Lipinski definition) is 6. The number of nitrogens with two attached hydrogens (primary N) is 1. The van der Waals surface area contributed by atoms with Crippen LogP contribution >= 0.6 is 11.6 Å². The summed E-state index contributed by atoms with van der Waals surface area (Å²) in [5.74, 6) is 0.348. The van der Waals surface area contributed by atoms with Crippen LogP contribution in [0.4, 0.5) is 17.5 Å². The predicted molar refractivity (Wildman–Crippen MR) is 111 cm³/mol. The van der Waals surface area contributed by atoms with Crippen molar-refractivity contribution in [1.29, 1.82) is 0 Å². The van der Waals surface area contributed by atoms with E-state index in [9.17, 15) is 4.79 Å². The van der Waals surface area contributed by atoms with Crippen LogP contribution in [-0.2, 0) is 4.74 Å². The number of likely N-dealkylation sites (N-methyl/N-ethyl adjacent to an activating group) is 2. The summed E-state index contributed by atoms with van der Waals surface area (Å²) in [7, 11) is 6.04. The molecule has 1 aromatic heterocycles. The zero-order valence-corrected chi connectivity index (χ0v) is 17.0. The van der Waals surface area contributed by atoms with Crippen LogP contribution in [-0.4, -0.2) is 62.3 Å². The number of quaternary nitrogens is 1. The first kappa shape index (κ1) is 20.5. The van der Waals surface area contributed by atoms with Gasteiger partial charge in [-0.05, 0) is 25.2 Å². The monoisotopic (exact) mass is 405 g/mol. The van der Waals surface area contributed by atoms with Crippen molar-refractivity contribution in [2.24, 2.45) is 5.73 Å². The van der Waals surface area contributed by atoms with E-state index < -0.39 is 5.91 Å². The van der Waals surface area contributed by atoms with Gasteiger partial charge in [-0.3, -0.25) is 9.28 Å². The molecule has 2 atom stereocenters. The van der Waals surface area contributed by atoms with Gasteiger partial charge in [0.1, 0.15) is 11.6 Å². The fourth-order valence-electron chi connectivity index (χ4n) is 3.55. The third-order valence-electron chi connectivity index (χ3n) is 5.16. The lowest BCUT2D eigenvalue weighted by Crippen LogP contribution is -2.63.